The maximum absolute atomic E-state index is 11.1. The lowest BCUT2D eigenvalue weighted by molar-refractivity contribution is -0.114. The Bertz CT molecular complexity index is 886. The number of rotatable bonds is 5. The summed E-state index contributed by atoms with van der Waals surface area (Å²) in [6.07, 6.45) is 0. The maximum atomic E-state index is 11.1. The van der Waals surface area contributed by atoms with Crippen LogP contribution in [-0.4, -0.2) is 18.0 Å². The molecule has 24 heavy (non-hydrogen) atoms. The zero-order valence-electron chi connectivity index (χ0n) is 13.8. The molecule has 3 rings (SSSR count). The second-order valence-electron chi connectivity index (χ2n) is 5.39. The highest BCUT2D eigenvalue weighted by Gasteiger charge is 2.08. The van der Waals surface area contributed by atoms with Crippen LogP contribution in [0.1, 0.15) is 18.4 Å². The van der Waals surface area contributed by atoms with Gasteiger partial charge in [-0.1, -0.05) is 0 Å². The van der Waals surface area contributed by atoms with Crippen molar-refractivity contribution in [2.75, 3.05) is 12.4 Å². The molecule has 0 radical (unpaired) electrons. The summed E-state index contributed by atoms with van der Waals surface area (Å²) in [6.45, 7) is 3.60. The number of aromatic nitrogens is 1. The van der Waals surface area contributed by atoms with E-state index in [0.717, 1.165) is 22.5 Å². The van der Waals surface area contributed by atoms with E-state index < -0.39 is 0 Å². The van der Waals surface area contributed by atoms with E-state index in [4.69, 9.17) is 13.9 Å². The van der Waals surface area contributed by atoms with E-state index in [9.17, 15) is 4.79 Å². The average Bonchev–Trinajstić information content (AvgIpc) is 2.96. The molecule has 0 bridgehead atoms. The Labute approximate surface area is 139 Å². The third-order valence-electron chi connectivity index (χ3n) is 3.51. The number of amides is 1. The minimum absolute atomic E-state index is 0.103. The Hall–Kier alpha value is -3.02. The molecule has 2 aromatic carbocycles. The number of nitrogens with one attached hydrogen (secondary N) is 1. The average molecular weight is 326 g/mol. The van der Waals surface area contributed by atoms with Crippen molar-refractivity contribution in [3.05, 3.63) is 47.9 Å². The lowest BCUT2D eigenvalue weighted by Crippen LogP contribution is -2.07. The Kier molecular flexibility index (Phi) is 4.37. The topological polar surface area (TPSA) is 73.6 Å². The molecule has 0 saturated heterocycles. The Morgan fingerprint density at radius 3 is 2.71 bits per heavy atom. The number of hydrogen-bond donors (Lipinski definition) is 1. The van der Waals surface area contributed by atoms with Crippen molar-refractivity contribution in [1.29, 1.82) is 0 Å². The van der Waals surface area contributed by atoms with E-state index in [2.05, 4.69) is 10.3 Å². The van der Waals surface area contributed by atoms with Gasteiger partial charge in [-0.2, -0.15) is 0 Å². The molecule has 124 valence electrons. The van der Waals surface area contributed by atoms with Crippen LogP contribution in [0.2, 0.25) is 0 Å². The zero-order valence-corrected chi connectivity index (χ0v) is 13.8. The van der Waals surface area contributed by atoms with Crippen LogP contribution in [0.25, 0.3) is 11.1 Å². The molecule has 1 N–H and O–H groups in total. The number of carbonyl (C=O) groups excluding carboxylic acids is 1. The van der Waals surface area contributed by atoms with Crippen molar-refractivity contribution in [2.24, 2.45) is 0 Å². The van der Waals surface area contributed by atoms with Crippen molar-refractivity contribution >= 4 is 22.7 Å². The smallest absolute Gasteiger partial charge is 0.233 e. The van der Waals surface area contributed by atoms with E-state index in [1.54, 1.807) is 13.2 Å². The van der Waals surface area contributed by atoms with Gasteiger partial charge in [0.25, 0.3) is 0 Å². The SMILES string of the molecule is COc1ccc2oc(COc3ccc(NC(C)=O)c(C)c3)nc2c1. The minimum Gasteiger partial charge on any atom is -0.497 e. The molecule has 0 aliphatic carbocycles. The molecule has 6 heteroatoms. The molecule has 6 nitrogen and oxygen atoms in total. The molecule has 0 unspecified atom stereocenters. The van der Waals surface area contributed by atoms with Gasteiger partial charge in [-0.05, 0) is 42.8 Å². The predicted molar refractivity (Wildman–Crippen MR) is 90.4 cm³/mol. The molecule has 0 aliphatic rings. The summed E-state index contributed by atoms with van der Waals surface area (Å²) in [5, 5.41) is 2.77. The van der Waals surface area contributed by atoms with Gasteiger partial charge in [0.05, 0.1) is 7.11 Å². The number of oxazole rings is 1. The molecule has 1 amide bonds. The van der Waals surface area contributed by atoms with Crippen molar-refractivity contribution in [3.63, 3.8) is 0 Å². The first kappa shape index (κ1) is 15.9. The number of aryl methyl sites for hydroxylation is 1. The third kappa shape index (κ3) is 3.48. The number of carbonyl (C=O) groups is 1. The van der Waals surface area contributed by atoms with E-state index in [0.29, 0.717) is 17.2 Å². The lowest BCUT2D eigenvalue weighted by atomic mass is 10.2. The molecule has 0 spiro atoms. The Balaban J connectivity index is 1.71. The van der Waals surface area contributed by atoms with Gasteiger partial charge in [-0.15, -0.1) is 0 Å². The Morgan fingerprint density at radius 2 is 2.00 bits per heavy atom. The van der Waals surface area contributed by atoms with Crippen molar-refractivity contribution in [2.45, 2.75) is 20.5 Å². The number of nitrogens with zero attached hydrogens (tertiary/aromatic N) is 1. The highest BCUT2D eigenvalue weighted by Crippen LogP contribution is 2.24. The molecular formula is C18H18N2O4. The summed E-state index contributed by atoms with van der Waals surface area (Å²) >= 11 is 0. The van der Waals surface area contributed by atoms with Crippen molar-refractivity contribution in [3.8, 4) is 11.5 Å². The fourth-order valence-corrected chi connectivity index (χ4v) is 2.34. The maximum Gasteiger partial charge on any atom is 0.233 e. The summed E-state index contributed by atoms with van der Waals surface area (Å²) in [6, 6.07) is 10.9. The van der Waals surface area contributed by atoms with Crippen molar-refractivity contribution < 1.29 is 18.7 Å². The molecular weight excluding hydrogens is 308 g/mol. The monoisotopic (exact) mass is 326 g/mol. The molecule has 1 aromatic heterocycles. The van der Waals surface area contributed by atoms with Gasteiger partial charge in [0.2, 0.25) is 11.8 Å². The van der Waals surface area contributed by atoms with E-state index in [-0.39, 0.29) is 12.5 Å². The fourth-order valence-electron chi connectivity index (χ4n) is 2.34. The fraction of sp³-hybridized carbons (Fsp3) is 0.222. The van der Waals surface area contributed by atoms with E-state index >= 15 is 0 Å². The van der Waals surface area contributed by atoms with Gasteiger partial charge in [0.1, 0.15) is 17.0 Å². The van der Waals surface area contributed by atoms with Crippen LogP contribution in [0.15, 0.2) is 40.8 Å². The normalized spacial score (nSPS) is 10.6. The van der Waals surface area contributed by atoms with Crippen LogP contribution in [0, 0.1) is 6.92 Å². The number of methoxy groups -OCH3 is 1. The number of fused-ring (bicyclic) bond motifs is 1. The van der Waals surface area contributed by atoms with Crippen LogP contribution < -0.4 is 14.8 Å². The molecule has 0 fully saturated rings. The summed E-state index contributed by atoms with van der Waals surface area (Å²) in [7, 11) is 1.61. The highest BCUT2D eigenvalue weighted by molar-refractivity contribution is 5.89. The lowest BCUT2D eigenvalue weighted by Gasteiger charge is -2.09. The van der Waals surface area contributed by atoms with Gasteiger partial charge < -0.3 is 19.2 Å². The standard InChI is InChI=1S/C18H18N2O4/c1-11-8-14(4-6-15(11)19-12(2)21)23-10-18-20-16-9-13(22-3)5-7-17(16)24-18/h4-9H,10H2,1-3H3,(H,19,21). The minimum atomic E-state index is -0.103. The number of anilines is 1. The first-order valence-corrected chi connectivity index (χ1v) is 7.49. The first-order chi connectivity index (χ1) is 11.5. The predicted octanol–water partition coefficient (Wildman–Crippen LogP) is 3.68. The van der Waals surface area contributed by atoms with Gasteiger partial charge in [-0.3, -0.25) is 4.79 Å². The summed E-state index contributed by atoms with van der Waals surface area (Å²) in [5.74, 6) is 1.80. The zero-order chi connectivity index (χ0) is 17.1. The molecule has 1 heterocycles. The largest absolute Gasteiger partial charge is 0.497 e. The van der Waals surface area contributed by atoms with Crippen LogP contribution in [0.3, 0.4) is 0 Å². The van der Waals surface area contributed by atoms with Gasteiger partial charge >= 0.3 is 0 Å². The van der Waals surface area contributed by atoms with Gasteiger partial charge in [-0.25, -0.2) is 4.98 Å². The first-order valence-electron chi connectivity index (χ1n) is 7.49. The summed E-state index contributed by atoms with van der Waals surface area (Å²) < 4.78 is 16.5. The second-order valence-corrected chi connectivity index (χ2v) is 5.39. The van der Waals surface area contributed by atoms with Gasteiger partial charge in [0.15, 0.2) is 12.2 Å². The van der Waals surface area contributed by atoms with Gasteiger partial charge in [0, 0.05) is 18.7 Å². The summed E-state index contributed by atoms with van der Waals surface area (Å²) in [5.41, 5.74) is 3.10. The van der Waals surface area contributed by atoms with Crippen LogP contribution in [0.5, 0.6) is 11.5 Å². The molecule has 0 aliphatic heterocycles. The van der Waals surface area contributed by atoms with Crippen LogP contribution in [0.4, 0.5) is 5.69 Å². The van der Waals surface area contributed by atoms with E-state index in [1.165, 1.54) is 6.92 Å². The van der Waals surface area contributed by atoms with Crippen molar-refractivity contribution in [1.82, 2.24) is 4.98 Å². The second kappa shape index (κ2) is 6.62. The number of ether oxygens (including phenoxy) is 2. The number of benzene rings is 2. The van der Waals surface area contributed by atoms with Crippen LogP contribution >= 0.6 is 0 Å². The molecule has 3 aromatic rings. The van der Waals surface area contributed by atoms with E-state index in [1.807, 2.05) is 37.3 Å². The molecule has 0 atom stereocenters. The molecule has 0 saturated carbocycles. The summed E-state index contributed by atoms with van der Waals surface area (Å²) in [4.78, 5) is 15.5. The number of hydrogen-bond acceptors (Lipinski definition) is 5. The third-order valence-corrected chi connectivity index (χ3v) is 3.51. The highest BCUT2D eigenvalue weighted by atomic mass is 16.5. The quantitative estimate of drug-likeness (QED) is 0.774. The van der Waals surface area contributed by atoms with Crippen LogP contribution in [-0.2, 0) is 11.4 Å². The Morgan fingerprint density at radius 1 is 1.21 bits per heavy atom.